The number of carbonyl (C=O) groups excluding carboxylic acids is 2. The summed E-state index contributed by atoms with van der Waals surface area (Å²) >= 11 is 0. The number of alkyl carbamates (subject to hydrolysis) is 1. The van der Waals surface area contributed by atoms with Crippen LogP contribution in [0.4, 0.5) is 9.59 Å². The quantitative estimate of drug-likeness (QED) is 0.268. The van der Waals surface area contributed by atoms with Gasteiger partial charge in [0.05, 0.1) is 26.4 Å². The molecule has 1 aliphatic carbocycles. The van der Waals surface area contributed by atoms with Gasteiger partial charge in [-0.15, -0.1) is 0 Å². The second kappa shape index (κ2) is 15.6. The van der Waals surface area contributed by atoms with Crippen molar-refractivity contribution in [1.82, 2.24) is 20.2 Å². The van der Waals surface area contributed by atoms with Crippen molar-refractivity contribution in [2.75, 3.05) is 59.3 Å². The number of hydrogen-bond donors (Lipinski definition) is 2. The number of aromatic nitrogens is 2. The van der Waals surface area contributed by atoms with Crippen LogP contribution in [0.2, 0.25) is 0 Å². The normalized spacial score (nSPS) is 12.1. The Hall–Kier alpha value is -3.73. The standard InChI is InChI=1S/C29H36N4O6/c34-28(33-14-13-30-22-33)31-11-5-15-36-17-19-38-20-18-37-16-6-12-32-29(35)39-21-27-25-9-3-1-7-23(25)24-8-2-4-10-26(24)27/h1-4,7-10,13-14,22,27H,5-6,11-12,15-21H2,(H,31,34)(H,32,35). The monoisotopic (exact) mass is 536 g/mol. The van der Waals surface area contributed by atoms with E-state index in [1.54, 1.807) is 12.4 Å². The van der Waals surface area contributed by atoms with Crippen molar-refractivity contribution in [3.63, 3.8) is 0 Å². The third-order valence-electron chi connectivity index (χ3n) is 6.30. The summed E-state index contributed by atoms with van der Waals surface area (Å²) < 4.78 is 23.4. The molecule has 0 unspecified atom stereocenters. The average molecular weight is 537 g/mol. The number of hydrogen-bond acceptors (Lipinski definition) is 7. The fraction of sp³-hybridized carbons (Fsp3) is 0.414. The largest absolute Gasteiger partial charge is 0.449 e. The number of fused-ring (bicyclic) bond motifs is 3. The smallest absolute Gasteiger partial charge is 0.407 e. The van der Waals surface area contributed by atoms with Crippen molar-refractivity contribution in [3.8, 4) is 11.1 Å². The molecule has 2 N–H and O–H groups in total. The fourth-order valence-electron chi connectivity index (χ4n) is 4.40. The second-order valence-electron chi connectivity index (χ2n) is 9.00. The van der Waals surface area contributed by atoms with Crippen LogP contribution in [-0.4, -0.2) is 81.0 Å². The van der Waals surface area contributed by atoms with Crippen molar-refractivity contribution < 1.29 is 28.5 Å². The number of nitrogens with zero attached hydrogens (tertiary/aromatic N) is 2. The highest BCUT2D eigenvalue weighted by molar-refractivity contribution is 5.79. The molecule has 10 heteroatoms. The Morgan fingerprint density at radius 3 is 1.92 bits per heavy atom. The van der Waals surface area contributed by atoms with Gasteiger partial charge in [-0.3, -0.25) is 4.57 Å². The number of benzene rings is 2. The highest BCUT2D eigenvalue weighted by atomic mass is 16.6. The summed E-state index contributed by atoms with van der Waals surface area (Å²) in [5, 5.41) is 5.57. The summed E-state index contributed by atoms with van der Waals surface area (Å²) in [6, 6.07) is 16.3. The van der Waals surface area contributed by atoms with E-state index < -0.39 is 6.09 Å². The molecule has 0 spiro atoms. The average Bonchev–Trinajstić information content (AvgIpc) is 3.61. The van der Waals surface area contributed by atoms with Crippen LogP contribution < -0.4 is 10.6 Å². The Morgan fingerprint density at radius 1 is 0.769 bits per heavy atom. The van der Waals surface area contributed by atoms with Gasteiger partial charge in [-0.2, -0.15) is 0 Å². The van der Waals surface area contributed by atoms with Crippen LogP contribution in [-0.2, 0) is 18.9 Å². The SMILES string of the molecule is O=C(NCCCOCCOCCOCCCNC(=O)n1ccnc1)OCC1c2ccccc2-c2ccccc21. The van der Waals surface area contributed by atoms with Crippen molar-refractivity contribution in [1.29, 1.82) is 0 Å². The van der Waals surface area contributed by atoms with E-state index in [-0.39, 0.29) is 11.9 Å². The molecule has 1 aliphatic rings. The first kappa shape index (κ1) is 28.3. The zero-order valence-corrected chi connectivity index (χ0v) is 22.1. The molecule has 10 nitrogen and oxygen atoms in total. The van der Waals surface area contributed by atoms with Crippen molar-refractivity contribution >= 4 is 12.1 Å². The molecule has 0 bridgehead atoms. The van der Waals surface area contributed by atoms with Crippen molar-refractivity contribution in [2.45, 2.75) is 18.8 Å². The van der Waals surface area contributed by atoms with E-state index in [1.807, 2.05) is 24.3 Å². The molecule has 0 atom stereocenters. The molecule has 2 amide bonds. The van der Waals surface area contributed by atoms with Crippen LogP contribution in [0, 0.1) is 0 Å². The molecule has 39 heavy (non-hydrogen) atoms. The lowest BCUT2D eigenvalue weighted by Gasteiger charge is -2.14. The zero-order chi connectivity index (χ0) is 27.1. The highest BCUT2D eigenvalue weighted by Gasteiger charge is 2.28. The number of rotatable bonds is 16. The van der Waals surface area contributed by atoms with Gasteiger partial charge in [-0.05, 0) is 35.1 Å². The topological polar surface area (TPSA) is 113 Å². The molecular weight excluding hydrogens is 500 g/mol. The minimum absolute atomic E-state index is 0.0536. The Balaban J connectivity index is 0.942. The van der Waals surface area contributed by atoms with Gasteiger partial charge < -0.3 is 29.6 Å². The van der Waals surface area contributed by atoms with E-state index >= 15 is 0 Å². The van der Waals surface area contributed by atoms with E-state index in [1.165, 1.54) is 33.1 Å². The molecule has 0 aliphatic heterocycles. The van der Waals surface area contributed by atoms with E-state index in [9.17, 15) is 9.59 Å². The Kier molecular flexibility index (Phi) is 11.3. The highest BCUT2D eigenvalue weighted by Crippen LogP contribution is 2.44. The molecule has 1 heterocycles. The maximum Gasteiger partial charge on any atom is 0.407 e. The van der Waals surface area contributed by atoms with Crippen LogP contribution in [0.25, 0.3) is 11.1 Å². The Morgan fingerprint density at radius 2 is 1.33 bits per heavy atom. The molecule has 0 saturated carbocycles. The Bertz CT molecular complexity index is 1120. The summed E-state index contributed by atoms with van der Waals surface area (Å²) in [6.07, 6.45) is 5.59. The second-order valence-corrected chi connectivity index (χ2v) is 9.00. The van der Waals surface area contributed by atoms with Gasteiger partial charge in [-0.1, -0.05) is 48.5 Å². The van der Waals surface area contributed by atoms with Crippen molar-refractivity contribution in [3.05, 3.63) is 78.4 Å². The lowest BCUT2D eigenvalue weighted by molar-refractivity contribution is 0.0139. The number of carbonyl (C=O) groups is 2. The third-order valence-corrected chi connectivity index (χ3v) is 6.30. The van der Waals surface area contributed by atoms with Gasteiger partial charge in [0.25, 0.3) is 0 Å². The summed E-state index contributed by atoms with van der Waals surface area (Å²) in [7, 11) is 0. The number of amides is 2. The minimum atomic E-state index is -0.416. The first-order chi connectivity index (χ1) is 19.2. The van der Waals surface area contributed by atoms with Gasteiger partial charge >= 0.3 is 12.1 Å². The van der Waals surface area contributed by atoms with Crippen molar-refractivity contribution in [2.24, 2.45) is 0 Å². The maximum atomic E-state index is 12.2. The van der Waals surface area contributed by atoms with E-state index in [4.69, 9.17) is 18.9 Å². The molecule has 0 saturated heterocycles. The van der Waals surface area contributed by atoms with Gasteiger partial charge in [0, 0.05) is 44.6 Å². The van der Waals surface area contributed by atoms with Crippen LogP contribution in [0.15, 0.2) is 67.3 Å². The molecule has 3 aromatic rings. The first-order valence-electron chi connectivity index (χ1n) is 13.3. The van der Waals surface area contributed by atoms with E-state index in [0.717, 1.165) is 0 Å². The van der Waals surface area contributed by atoms with E-state index in [2.05, 4.69) is 39.9 Å². The lowest BCUT2D eigenvalue weighted by Crippen LogP contribution is -2.29. The first-order valence-corrected chi connectivity index (χ1v) is 13.3. The van der Waals surface area contributed by atoms with Gasteiger partial charge in [0.2, 0.25) is 0 Å². The molecule has 1 aromatic heterocycles. The molecule has 208 valence electrons. The van der Waals surface area contributed by atoms with Crippen LogP contribution in [0.5, 0.6) is 0 Å². The predicted molar refractivity (Wildman–Crippen MR) is 146 cm³/mol. The Labute approximate surface area is 228 Å². The molecule has 0 radical (unpaired) electrons. The molecule has 0 fully saturated rings. The predicted octanol–water partition coefficient (Wildman–Crippen LogP) is 3.81. The summed E-state index contributed by atoms with van der Waals surface area (Å²) in [5.74, 6) is 0.0536. The zero-order valence-electron chi connectivity index (χ0n) is 22.1. The number of ether oxygens (including phenoxy) is 4. The maximum absolute atomic E-state index is 12.2. The summed E-state index contributed by atoms with van der Waals surface area (Å²) in [6.45, 7) is 4.30. The van der Waals surface area contributed by atoms with Crippen LogP contribution in [0.1, 0.15) is 29.9 Å². The van der Waals surface area contributed by atoms with Gasteiger partial charge in [0.1, 0.15) is 12.9 Å². The summed E-state index contributed by atoms with van der Waals surface area (Å²) in [4.78, 5) is 27.7. The molecular formula is C29H36N4O6. The van der Waals surface area contributed by atoms with Crippen LogP contribution in [0.3, 0.4) is 0 Å². The van der Waals surface area contributed by atoms with Crippen LogP contribution >= 0.6 is 0 Å². The fourth-order valence-corrected chi connectivity index (χ4v) is 4.40. The van der Waals surface area contributed by atoms with Gasteiger partial charge in [-0.25, -0.2) is 14.6 Å². The molecule has 4 rings (SSSR count). The van der Waals surface area contributed by atoms with E-state index in [0.29, 0.717) is 72.2 Å². The number of imidazole rings is 1. The minimum Gasteiger partial charge on any atom is -0.449 e. The number of nitrogens with one attached hydrogen (secondary N) is 2. The third kappa shape index (κ3) is 8.64. The molecule has 2 aromatic carbocycles. The summed E-state index contributed by atoms with van der Waals surface area (Å²) in [5.41, 5.74) is 4.81. The van der Waals surface area contributed by atoms with Gasteiger partial charge in [0.15, 0.2) is 0 Å². The lowest BCUT2D eigenvalue weighted by atomic mass is 9.98.